The van der Waals surface area contributed by atoms with Gasteiger partial charge in [-0.25, -0.2) is 0 Å². The van der Waals surface area contributed by atoms with Gasteiger partial charge in [-0.05, 0) is 47.6 Å². The van der Waals surface area contributed by atoms with Crippen molar-refractivity contribution in [3.8, 4) is 0 Å². The Balaban J connectivity index is 1.89. The van der Waals surface area contributed by atoms with Gasteiger partial charge in [0.15, 0.2) is 0 Å². The number of rotatable bonds is 4. The molecular weight excluding hydrogens is 534 g/mol. The number of carbonyl (C=O) groups is 3. The normalized spacial score (nSPS) is 27.4. The maximum atomic E-state index is 13.5. The molecule has 4 unspecified atom stereocenters. The van der Waals surface area contributed by atoms with Crippen LogP contribution in [0.25, 0.3) is 0 Å². The second-order valence-corrected chi connectivity index (χ2v) is 10.6. The van der Waals surface area contributed by atoms with E-state index in [0.29, 0.717) is 5.75 Å². The van der Waals surface area contributed by atoms with Gasteiger partial charge in [-0.3, -0.25) is 9.59 Å². The van der Waals surface area contributed by atoms with Crippen LogP contribution in [0.4, 0.5) is 5.69 Å². The van der Waals surface area contributed by atoms with Crippen LogP contribution in [0.1, 0.15) is 23.5 Å². The fourth-order valence-corrected chi connectivity index (χ4v) is 6.94. The summed E-state index contributed by atoms with van der Waals surface area (Å²) in [4.78, 5) is 37.9. The number of carbonyl (C=O) groups excluding carboxylic acids is 3. The lowest BCUT2D eigenvalue weighted by atomic mass is 9.68. The monoisotopic (exact) mass is 551 g/mol. The molecule has 1 fully saturated rings. The number of thioether (sulfide) groups is 1. The molecule has 5 nitrogen and oxygen atoms in total. The maximum Gasteiger partial charge on any atom is 0.305 e. The number of halogens is 2. The fraction of sp³-hybridized carbons (Fsp3) is 0.318. The van der Waals surface area contributed by atoms with Crippen molar-refractivity contribution in [3.05, 3.63) is 62.5 Å². The molecule has 1 spiro atoms. The molecule has 0 bridgehead atoms. The molecule has 0 aliphatic carbocycles. The number of hydrogen-bond donors (Lipinski definition) is 1. The van der Waals surface area contributed by atoms with Crippen LogP contribution < -0.4 is 5.32 Å². The lowest BCUT2D eigenvalue weighted by Crippen LogP contribution is -2.48. The largest absolute Gasteiger partial charge is 0.469 e. The third-order valence-corrected chi connectivity index (χ3v) is 8.63. The average Bonchev–Trinajstić information content (AvgIpc) is 3.01. The number of hydrogen-bond acceptors (Lipinski definition) is 5. The molecule has 156 valence electrons. The first-order valence-corrected chi connectivity index (χ1v) is 12.0. The topological polar surface area (TPSA) is 72.5 Å². The third kappa shape index (κ3) is 3.52. The standard InChI is InChI=1S/C22H19Br2NO4S/c1-29-19(27)8-13-11-30-22(17-9-15(24)6-7-18(17)25-21(22)28)20(16(13)10-26)12-2-4-14(23)5-3-12/h2-7,9-10,13,16,20H,8,11H2,1H3,(H,25,28). The smallest absolute Gasteiger partial charge is 0.305 e. The van der Waals surface area contributed by atoms with Gasteiger partial charge in [0, 0.05) is 38.5 Å². The van der Waals surface area contributed by atoms with Gasteiger partial charge in [-0.15, -0.1) is 11.8 Å². The van der Waals surface area contributed by atoms with E-state index in [2.05, 4.69) is 37.2 Å². The summed E-state index contributed by atoms with van der Waals surface area (Å²) < 4.78 is 5.68. The first-order valence-electron chi connectivity index (χ1n) is 9.43. The number of benzene rings is 2. The highest BCUT2D eigenvalue weighted by Crippen LogP contribution is 2.61. The van der Waals surface area contributed by atoms with Gasteiger partial charge < -0.3 is 14.8 Å². The Hall–Kier alpha value is -1.64. The molecule has 4 atom stereocenters. The van der Waals surface area contributed by atoms with Crippen LogP contribution in [-0.4, -0.2) is 31.0 Å². The van der Waals surface area contributed by atoms with Crippen molar-refractivity contribution in [3.63, 3.8) is 0 Å². The summed E-state index contributed by atoms with van der Waals surface area (Å²) in [5.74, 6) is -1.13. The molecule has 0 radical (unpaired) electrons. The van der Waals surface area contributed by atoms with Crippen molar-refractivity contribution in [2.24, 2.45) is 11.8 Å². The Morgan fingerprint density at radius 2 is 1.93 bits per heavy atom. The summed E-state index contributed by atoms with van der Waals surface area (Å²) >= 11 is 8.49. The van der Waals surface area contributed by atoms with E-state index in [0.717, 1.165) is 32.0 Å². The molecule has 1 amide bonds. The quantitative estimate of drug-likeness (QED) is 0.432. The predicted molar refractivity (Wildman–Crippen MR) is 123 cm³/mol. The zero-order valence-corrected chi connectivity index (χ0v) is 20.1. The molecule has 2 aliphatic heterocycles. The summed E-state index contributed by atoms with van der Waals surface area (Å²) in [5.41, 5.74) is 2.51. The zero-order valence-electron chi connectivity index (χ0n) is 16.1. The lowest BCUT2D eigenvalue weighted by Gasteiger charge is -2.46. The van der Waals surface area contributed by atoms with E-state index in [1.807, 2.05) is 42.5 Å². The van der Waals surface area contributed by atoms with E-state index in [1.54, 1.807) is 0 Å². The summed E-state index contributed by atoms with van der Waals surface area (Å²) in [5, 5.41) is 3.01. The van der Waals surface area contributed by atoms with Gasteiger partial charge in [-0.2, -0.15) is 0 Å². The van der Waals surface area contributed by atoms with Crippen molar-refractivity contribution in [2.45, 2.75) is 17.1 Å². The lowest BCUT2D eigenvalue weighted by molar-refractivity contribution is -0.142. The molecule has 1 saturated heterocycles. The average molecular weight is 553 g/mol. The molecule has 2 aromatic rings. The Bertz CT molecular complexity index is 1010. The van der Waals surface area contributed by atoms with Crippen molar-refractivity contribution in [1.82, 2.24) is 0 Å². The highest BCUT2D eigenvalue weighted by molar-refractivity contribution is 9.10. The third-order valence-electron chi connectivity index (χ3n) is 5.90. The Morgan fingerprint density at radius 3 is 2.60 bits per heavy atom. The van der Waals surface area contributed by atoms with Crippen molar-refractivity contribution < 1.29 is 19.1 Å². The van der Waals surface area contributed by atoms with Gasteiger partial charge >= 0.3 is 5.97 Å². The number of aldehydes is 1. The van der Waals surface area contributed by atoms with Crippen LogP contribution in [0, 0.1) is 11.8 Å². The predicted octanol–water partition coefficient (Wildman–Crippen LogP) is 4.88. The van der Waals surface area contributed by atoms with Crippen LogP contribution in [-0.2, 0) is 23.9 Å². The minimum atomic E-state index is -0.953. The van der Waals surface area contributed by atoms with E-state index >= 15 is 0 Å². The molecule has 4 rings (SSSR count). The summed E-state index contributed by atoms with van der Waals surface area (Å²) in [6, 6.07) is 13.4. The highest BCUT2D eigenvalue weighted by atomic mass is 79.9. The highest BCUT2D eigenvalue weighted by Gasteiger charge is 2.59. The Labute approximate surface area is 195 Å². The molecule has 30 heavy (non-hydrogen) atoms. The number of anilines is 1. The maximum absolute atomic E-state index is 13.5. The van der Waals surface area contributed by atoms with Crippen LogP contribution in [0.15, 0.2) is 51.4 Å². The first-order chi connectivity index (χ1) is 14.4. The van der Waals surface area contributed by atoms with Gasteiger partial charge in [0.2, 0.25) is 5.91 Å². The Morgan fingerprint density at radius 1 is 1.23 bits per heavy atom. The van der Waals surface area contributed by atoms with Gasteiger partial charge in [0.1, 0.15) is 11.0 Å². The van der Waals surface area contributed by atoms with E-state index < -0.39 is 16.6 Å². The van der Waals surface area contributed by atoms with Crippen molar-refractivity contribution in [2.75, 3.05) is 18.2 Å². The molecular formula is C22H19Br2NO4S. The van der Waals surface area contributed by atoms with E-state index in [1.165, 1.54) is 18.9 Å². The summed E-state index contributed by atoms with van der Waals surface area (Å²) in [7, 11) is 1.35. The molecule has 8 heteroatoms. The Kier molecular flexibility index (Phi) is 6.10. The first kappa shape index (κ1) is 21.6. The number of nitrogens with one attached hydrogen (secondary N) is 1. The van der Waals surface area contributed by atoms with Gasteiger partial charge in [-0.1, -0.05) is 44.0 Å². The van der Waals surface area contributed by atoms with E-state index in [4.69, 9.17) is 4.74 Å². The fourth-order valence-electron chi connectivity index (χ4n) is 4.51. The van der Waals surface area contributed by atoms with Gasteiger partial charge in [0.05, 0.1) is 7.11 Å². The number of amides is 1. The molecule has 2 heterocycles. The van der Waals surface area contributed by atoms with Crippen LogP contribution in [0.5, 0.6) is 0 Å². The SMILES string of the molecule is COC(=O)CC1CSC2(C(=O)Nc3ccc(Br)cc32)C(c2ccc(Br)cc2)C1C=O. The minimum Gasteiger partial charge on any atom is -0.469 e. The molecule has 2 aliphatic rings. The second kappa shape index (κ2) is 8.48. The number of methoxy groups -OCH3 is 1. The van der Waals surface area contributed by atoms with E-state index in [9.17, 15) is 14.4 Å². The van der Waals surface area contributed by atoms with Crippen molar-refractivity contribution in [1.29, 1.82) is 0 Å². The molecule has 2 aromatic carbocycles. The minimum absolute atomic E-state index is 0.128. The molecule has 0 saturated carbocycles. The van der Waals surface area contributed by atoms with Crippen LogP contribution in [0.3, 0.4) is 0 Å². The van der Waals surface area contributed by atoms with Gasteiger partial charge in [0.25, 0.3) is 0 Å². The molecule has 1 N–H and O–H groups in total. The number of esters is 1. The van der Waals surface area contributed by atoms with Crippen molar-refractivity contribution >= 4 is 67.5 Å². The molecule has 0 aromatic heterocycles. The van der Waals surface area contributed by atoms with Crippen LogP contribution in [0.2, 0.25) is 0 Å². The summed E-state index contributed by atoms with van der Waals surface area (Å²) in [6.45, 7) is 0. The van der Waals surface area contributed by atoms with E-state index in [-0.39, 0.29) is 24.2 Å². The second-order valence-electron chi connectivity index (χ2n) is 7.47. The summed E-state index contributed by atoms with van der Waals surface area (Å²) in [6.07, 6.45) is 1.05. The number of ether oxygens (including phenoxy) is 1. The number of fused-ring (bicyclic) bond motifs is 2. The van der Waals surface area contributed by atoms with Crippen LogP contribution >= 0.6 is 43.6 Å². The zero-order chi connectivity index (χ0) is 21.5.